The summed E-state index contributed by atoms with van der Waals surface area (Å²) in [5.74, 6) is -0.255. The minimum Gasteiger partial charge on any atom is -0.480 e. The summed E-state index contributed by atoms with van der Waals surface area (Å²) in [5.41, 5.74) is 10.9. The van der Waals surface area contributed by atoms with Crippen molar-refractivity contribution in [1.29, 1.82) is 0 Å². The monoisotopic (exact) mass is 405 g/mol. The fourth-order valence-corrected chi connectivity index (χ4v) is 4.96. The molecule has 4 heteroatoms. The molecule has 3 N–H and O–H groups in total. The van der Waals surface area contributed by atoms with Gasteiger partial charge in [-0.2, -0.15) is 0 Å². The Morgan fingerprint density at radius 1 is 0.862 bits per heavy atom. The first-order valence-corrected chi connectivity index (χ1v) is 10.7. The van der Waals surface area contributed by atoms with Crippen molar-refractivity contribution in [2.75, 3.05) is 0 Å². The Hall–Kier alpha value is -2.56. The molecule has 0 bridgehead atoms. The van der Waals surface area contributed by atoms with Crippen LogP contribution in [-0.4, -0.2) is 21.9 Å². The average Bonchev–Trinajstić information content (AvgIpc) is 2.74. The zero-order valence-electron chi connectivity index (χ0n) is 16.6. The van der Waals surface area contributed by atoms with E-state index in [2.05, 4.69) is 31.2 Å². The number of carbonyl (C=O) groups is 1. The Bertz CT molecular complexity index is 869. The Morgan fingerprint density at radius 3 is 1.79 bits per heavy atom. The van der Waals surface area contributed by atoms with E-state index < -0.39 is 16.8 Å². The lowest BCUT2D eigenvalue weighted by Crippen LogP contribution is -2.53. The van der Waals surface area contributed by atoms with Crippen LogP contribution in [0.4, 0.5) is 0 Å². The van der Waals surface area contributed by atoms with Gasteiger partial charge in [-0.05, 0) is 36.5 Å². The van der Waals surface area contributed by atoms with E-state index >= 15 is 0 Å². The lowest BCUT2D eigenvalue weighted by molar-refractivity contribution is -0.139. The Morgan fingerprint density at radius 2 is 1.34 bits per heavy atom. The number of hydrogen-bond donors (Lipinski definition) is 2. The molecule has 0 saturated carbocycles. The van der Waals surface area contributed by atoms with Crippen LogP contribution in [0.2, 0.25) is 0 Å². The average molecular weight is 406 g/mol. The highest BCUT2D eigenvalue weighted by Crippen LogP contribution is 2.38. The van der Waals surface area contributed by atoms with Gasteiger partial charge in [0.2, 0.25) is 0 Å². The van der Waals surface area contributed by atoms with Crippen LogP contribution in [0.15, 0.2) is 84.9 Å². The molecule has 0 amide bonds. The maximum absolute atomic E-state index is 12.0. The summed E-state index contributed by atoms with van der Waals surface area (Å²) in [5, 5.41) is 9.87. The van der Waals surface area contributed by atoms with Crippen LogP contribution in [-0.2, 0) is 23.4 Å². The van der Waals surface area contributed by atoms with Crippen molar-refractivity contribution >= 4 is 17.7 Å². The van der Waals surface area contributed by atoms with Crippen molar-refractivity contribution < 1.29 is 9.90 Å². The minimum atomic E-state index is -0.988. The topological polar surface area (TPSA) is 63.3 Å². The minimum absolute atomic E-state index is 0.590. The van der Waals surface area contributed by atoms with E-state index in [1.54, 1.807) is 11.8 Å². The van der Waals surface area contributed by atoms with Crippen LogP contribution in [0.5, 0.6) is 0 Å². The molecular weight excluding hydrogens is 378 g/mol. The van der Waals surface area contributed by atoms with Crippen molar-refractivity contribution in [2.45, 2.75) is 36.3 Å². The molecule has 3 aromatic rings. The summed E-state index contributed by atoms with van der Waals surface area (Å²) in [6.45, 7) is 2.06. The van der Waals surface area contributed by atoms with Gasteiger partial charge in [0.05, 0.1) is 4.75 Å². The molecular formula is C25H27NO2S. The van der Waals surface area contributed by atoms with Gasteiger partial charge >= 0.3 is 5.97 Å². The molecule has 0 spiro atoms. The van der Waals surface area contributed by atoms with E-state index in [0.29, 0.717) is 18.6 Å². The molecule has 1 unspecified atom stereocenters. The van der Waals surface area contributed by atoms with Gasteiger partial charge in [-0.25, -0.2) is 0 Å². The van der Waals surface area contributed by atoms with Crippen LogP contribution < -0.4 is 5.73 Å². The lowest BCUT2D eigenvalue weighted by Gasteiger charge is -2.37. The highest BCUT2D eigenvalue weighted by Gasteiger charge is 2.41. The van der Waals surface area contributed by atoms with Crippen molar-refractivity contribution in [3.05, 3.63) is 107 Å². The largest absolute Gasteiger partial charge is 0.480 e. The first-order valence-electron chi connectivity index (χ1n) is 9.74. The quantitative estimate of drug-likeness (QED) is 0.533. The number of nitrogens with two attached hydrogens (primary N) is 1. The molecule has 150 valence electrons. The van der Waals surface area contributed by atoms with Gasteiger partial charge in [0.15, 0.2) is 0 Å². The summed E-state index contributed by atoms with van der Waals surface area (Å²) < 4.78 is -0.667. The number of hydrogen-bond acceptors (Lipinski definition) is 3. The van der Waals surface area contributed by atoms with Crippen molar-refractivity contribution in [1.82, 2.24) is 0 Å². The molecule has 29 heavy (non-hydrogen) atoms. The summed E-state index contributed by atoms with van der Waals surface area (Å²) >= 11 is 1.65. The van der Waals surface area contributed by atoms with Crippen LogP contribution in [0, 0.1) is 6.92 Å². The zero-order chi connectivity index (χ0) is 20.7. The van der Waals surface area contributed by atoms with Gasteiger partial charge in [0.25, 0.3) is 0 Å². The molecule has 0 radical (unpaired) electrons. The third-order valence-corrected chi connectivity index (χ3v) is 6.77. The number of carboxylic acids is 1. The van der Waals surface area contributed by atoms with Crippen molar-refractivity contribution in [3.63, 3.8) is 0 Å². The van der Waals surface area contributed by atoms with E-state index in [1.165, 1.54) is 11.1 Å². The molecule has 0 aliphatic carbocycles. The van der Waals surface area contributed by atoms with Crippen LogP contribution in [0.1, 0.15) is 22.3 Å². The van der Waals surface area contributed by atoms with E-state index in [1.807, 2.05) is 60.7 Å². The van der Waals surface area contributed by atoms with Crippen molar-refractivity contribution in [2.24, 2.45) is 5.73 Å². The molecule has 0 aliphatic rings. The van der Waals surface area contributed by atoms with Gasteiger partial charge in [-0.3, -0.25) is 4.79 Å². The molecule has 0 fully saturated rings. The van der Waals surface area contributed by atoms with E-state index in [0.717, 1.165) is 11.1 Å². The molecule has 3 rings (SSSR count). The van der Waals surface area contributed by atoms with E-state index in [-0.39, 0.29) is 0 Å². The molecule has 0 heterocycles. The number of carboxylic acid groups (broad SMARTS) is 1. The normalized spacial score (nSPS) is 12.5. The second-order valence-corrected chi connectivity index (χ2v) is 8.87. The SMILES string of the molecule is Cc1ccc(CSC(Cc2ccccc2)(Cc2ccccc2)C(N)C(=O)O)cc1. The summed E-state index contributed by atoms with van der Waals surface area (Å²) in [6, 6.07) is 27.4. The Balaban J connectivity index is 1.96. The second-order valence-electron chi connectivity index (χ2n) is 7.48. The molecule has 0 aliphatic heterocycles. The fourth-order valence-electron chi connectivity index (χ4n) is 3.49. The molecule has 0 aromatic heterocycles. The number of thioether (sulfide) groups is 1. The second kappa shape index (κ2) is 9.77. The number of benzene rings is 3. The fraction of sp³-hybridized carbons (Fsp3) is 0.240. The maximum atomic E-state index is 12.0. The lowest BCUT2D eigenvalue weighted by atomic mass is 9.85. The third kappa shape index (κ3) is 5.72. The molecule has 0 saturated heterocycles. The van der Waals surface area contributed by atoms with Gasteiger partial charge in [-0.1, -0.05) is 90.5 Å². The first-order chi connectivity index (χ1) is 14.0. The van der Waals surface area contributed by atoms with Gasteiger partial charge in [0, 0.05) is 5.75 Å². The zero-order valence-corrected chi connectivity index (χ0v) is 17.4. The third-order valence-electron chi connectivity index (χ3n) is 5.17. The predicted octanol–water partition coefficient (Wildman–Crippen LogP) is 4.86. The van der Waals surface area contributed by atoms with Crippen molar-refractivity contribution in [3.8, 4) is 0 Å². The standard InChI is InChI=1S/C25H27NO2S/c1-19-12-14-22(15-13-19)18-29-25(23(26)24(27)28,16-20-8-4-2-5-9-20)17-21-10-6-3-7-11-21/h2-15,23H,16-18,26H2,1H3,(H,27,28). The van der Waals surface area contributed by atoms with Gasteiger partial charge in [-0.15, -0.1) is 11.8 Å². The summed E-state index contributed by atoms with van der Waals surface area (Å²) in [6.07, 6.45) is 1.18. The molecule has 3 aromatic carbocycles. The number of aryl methyl sites for hydroxylation is 1. The molecule has 3 nitrogen and oxygen atoms in total. The highest BCUT2D eigenvalue weighted by atomic mass is 32.2. The number of rotatable bonds is 9. The van der Waals surface area contributed by atoms with E-state index in [4.69, 9.17) is 5.73 Å². The summed E-state index contributed by atoms with van der Waals surface area (Å²) in [7, 11) is 0. The van der Waals surface area contributed by atoms with E-state index in [9.17, 15) is 9.90 Å². The van der Waals surface area contributed by atoms with Gasteiger partial charge in [0.1, 0.15) is 6.04 Å². The van der Waals surface area contributed by atoms with Gasteiger partial charge < -0.3 is 10.8 Å². The van der Waals surface area contributed by atoms with Crippen LogP contribution in [0.3, 0.4) is 0 Å². The Labute approximate surface area is 177 Å². The smallest absolute Gasteiger partial charge is 0.321 e. The predicted molar refractivity (Wildman–Crippen MR) is 121 cm³/mol. The number of aliphatic carboxylic acids is 1. The summed E-state index contributed by atoms with van der Waals surface area (Å²) in [4.78, 5) is 12.0. The Kier molecular flexibility index (Phi) is 7.13. The molecule has 1 atom stereocenters. The van der Waals surface area contributed by atoms with Crippen LogP contribution >= 0.6 is 11.8 Å². The maximum Gasteiger partial charge on any atom is 0.321 e. The first kappa shape index (κ1) is 21.2. The highest BCUT2D eigenvalue weighted by molar-refractivity contribution is 8.00. The van der Waals surface area contributed by atoms with Crippen LogP contribution in [0.25, 0.3) is 0 Å².